The fourth-order valence-corrected chi connectivity index (χ4v) is 4.44. The van der Waals surface area contributed by atoms with Gasteiger partial charge >= 0.3 is 0 Å². The zero-order valence-corrected chi connectivity index (χ0v) is 18.8. The lowest BCUT2D eigenvalue weighted by atomic mass is 9.82. The van der Waals surface area contributed by atoms with E-state index >= 15 is 0 Å². The molecule has 0 bridgehead atoms. The molecule has 1 aliphatic carbocycles. The number of rotatable bonds is 10. The molecule has 1 aromatic carbocycles. The number of nitrogens with zero attached hydrogens (tertiary/aromatic N) is 3. The lowest BCUT2D eigenvalue weighted by Crippen LogP contribution is -2.27. The van der Waals surface area contributed by atoms with Crippen molar-refractivity contribution in [1.82, 2.24) is 14.4 Å². The van der Waals surface area contributed by atoms with Crippen LogP contribution < -0.4 is 10.1 Å². The molecule has 31 heavy (non-hydrogen) atoms. The molecule has 2 heterocycles. The summed E-state index contributed by atoms with van der Waals surface area (Å²) in [5, 5.41) is 13.2. The molecule has 0 atom stereocenters. The minimum Gasteiger partial charge on any atom is -0.490 e. The Bertz CT molecular complexity index is 987. The fourth-order valence-electron chi connectivity index (χ4n) is 4.44. The van der Waals surface area contributed by atoms with Crippen molar-refractivity contribution in [2.75, 3.05) is 11.9 Å². The molecule has 0 saturated heterocycles. The minimum absolute atomic E-state index is 0.216. The summed E-state index contributed by atoms with van der Waals surface area (Å²) in [7, 11) is 0. The Morgan fingerprint density at radius 1 is 1.13 bits per heavy atom. The second-order valence-electron chi connectivity index (χ2n) is 8.51. The van der Waals surface area contributed by atoms with Crippen molar-refractivity contribution in [2.45, 2.75) is 77.4 Å². The molecule has 6 nitrogen and oxygen atoms in total. The van der Waals surface area contributed by atoms with Crippen LogP contribution in [0, 0.1) is 0 Å². The van der Waals surface area contributed by atoms with Gasteiger partial charge in [0.25, 0.3) is 0 Å². The second kappa shape index (κ2) is 9.69. The molecule has 1 saturated carbocycles. The molecule has 1 fully saturated rings. The van der Waals surface area contributed by atoms with E-state index in [9.17, 15) is 5.11 Å². The number of aliphatic hydroxyl groups excluding tert-OH is 1. The number of nitrogens with one attached hydrogen (secondary N) is 1. The molecule has 4 rings (SSSR count). The van der Waals surface area contributed by atoms with E-state index in [0.29, 0.717) is 0 Å². The van der Waals surface area contributed by atoms with Crippen LogP contribution in [0.5, 0.6) is 5.75 Å². The van der Waals surface area contributed by atoms with Gasteiger partial charge in [-0.25, -0.2) is 9.97 Å². The van der Waals surface area contributed by atoms with Crippen molar-refractivity contribution in [3.05, 3.63) is 42.5 Å². The molecule has 0 spiro atoms. The SMILES string of the molecule is CCCC(CCC)Oc1ccc(-c2nc(C3CC(O)C3)n3ccnc(NCC)c23)cc1. The monoisotopic (exact) mass is 422 g/mol. The summed E-state index contributed by atoms with van der Waals surface area (Å²) in [6, 6.07) is 8.29. The zero-order valence-electron chi connectivity index (χ0n) is 18.8. The summed E-state index contributed by atoms with van der Waals surface area (Å²) in [5.74, 6) is 3.03. The van der Waals surface area contributed by atoms with E-state index in [0.717, 1.165) is 79.2 Å². The Balaban J connectivity index is 1.68. The standard InChI is InChI=1S/C25H34N4O2/c1-4-7-20(8-5-2)31-21-11-9-17(10-12-21)22-23-24(26-6-3)27-13-14-29(23)25(28-22)18-15-19(30)16-18/h9-14,18-20,30H,4-8,15-16H2,1-3H3,(H,26,27). The molecule has 1 aliphatic rings. The van der Waals surface area contributed by atoms with Gasteiger partial charge < -0.3 is 15.2 Å². The van der Waals surface area contributed by atoms with Crippen molar-refractivity contribution in [3.63, 3.8) is 0 Å². The van der Waals surface area contributed by atoms with Gasteiger partial charge in [0.2, 0.25) is 0 Å². The molecule has 0 amide bonds. The highest BCUT2D eigenvalue weighted by molar-refractivity contribution is 5.86. The van der Waals surface area contributed by atoms with Crippen LogP contribution in [0.25, 0.3) is 16.8 Å². The summed E-state index contributed by atoms with van der Waals surface area (Å²) in [6.07, 6.45) is 9.79. The van der Waals surface area contributed by atoms with E-state index in [4.69, 9.17) is 9.72 Å². The molecule has 3 aromatic rings. The third-order valence-electron chi connectivity index (χ3n) is 6.06. The van der Waals surface area contributed by atoms with Crippen molar-refractivity contribution in [2.24, 2.45) is 0 Å². The predicted molar refractivity (Wildman–Crippen MR) is 125 cm³/mol. The average Bonchev–Trinajstić information content (AvgIpc) is 3.13. The van der Waals surface area contributed by atoms with Crippen molar-refractivity contribution in [3.8, 4) is 17.0 Å². The first-order chi connectivity index (χ1) is 15.1. The van der Waals surface area contributed by atoms with Crippen molar-refractivity contribution in [1.29, 1.82) is 0 Å². The second-order valence-corrected chi connectivity index (χ2v) is 8.51. The molecule has 166 valence electrons. The van der Waals surface area contributed by atoms with Crippen LogP contribution >= 0.6 is 0 Å². The lowest BCUT2D eigenvalue weighted by Gasteiger charge is -2.30. The van der Waals surface area contributed by atoms with Gasteiger partial charge in [-0.1, -0.05) is 26.7 Å². The average molecular weight is 423 g/mol. The summed E-state index contributed by atoms with van der Waals surface area (Å²) in [4.78, 5) is 9.61. The smallest absolute Gasteiger partial charge is 0.152 e. The number of ether oxygens (including phenoxy) is 1. The fraction of sp³-hybridized carbons (Fsp3) is 0.520. The minimum atomic E-state index is -0.216. The molecule has 0 aliphatic heterocycles. The predicted octanol–water partition coefficient (Wildman–Crippen LogP) is 5.41. The van der Waals surface area contributed by atoms with E-state index in [1.54, 1.807) is 0 Å². The van der Waals surface area contributed by atoms with Gasteiger partial charge in [0.1, 0.15) is 22.8 Å². The number of imidazole rings is 1. The van der Waals surface area contributed by atoms with Gasteiger partial charge in [-0.2, -0.15) is 0 Å². The molecule has 2 N–H and O–H groups in total. The highest BCUT2D eigenvalue weighted by Gasteiger charge is 2.33. The molecular formula is C25H34N4O2. The molecule has 0 unspecified atom stereocenters. The van der Waals surface area contributed by atoms with E-state index < -0.39 is 0 Å². The van der Waals surface area contributed by atoms with Gasteiger partial charge in [-0.3, -0.25) is 4.40 Å². The Morgan fingerprint density at radius 2 is 1.84 bits per heavy atom. The maximum atomic E-state index is 9.82. The van der Waals surface area contributed by atoms with Crippen LogP contribution in [0.1, 0.15) is 71.0 Å². The van der Waals surface area contributed by atoms with Gasteiger partial charge in [0, 0.05) is 30.4 Å². The van der Waals surface area contributed by atoms with Gasteiger partial charge in [0.15, 0.2) is 5.82 Å². The van der Waals surface area contributed by atoms with E-state index in [-0.39, 0.29) is 18.1 Å². The Kier molecular flexibility index (Phi) is 6.76. The Hall–Kier alpha value is -2.60. The summed E-state index contributed by atoms with van der Waals surface area (Å²) in [6.45, 7) is 7.26. The first kappa shape index (κ1) is 21.6. The molecule has 2 aromatic heterocycles. The highest BCUT2D eigenvalue weighted by atomic mass is 16.5. The lowest BCUT2D eigenvalue weighted by molar-refractivity contribution is 0.0715. The van der Waals surface area contributed by atoms with E-state index in [2.05, 4.69) is 59.7 Å². The third-order valence-corrected chi connectivity index (χ3v) is 6.06. The van der Waals surface area contributed by atoms with Gasteiger partial charge in [0.05, 0.1) is 12.2 Å². The maximum absolute atomic E-state index is 9.82. The van der Waals surface area contributed by atoms with Crippen molar-refractivity contribution >= 4 is 11.3 Å². The number of aliphatic hydroxyl groups is 1. The maximum Gasteiger partial charge on any atom is 0.152 e. The van der Waals surface area contributed by atoms with Gasteiger partial charge in [-0.15, -0.1) is 0 Å². The third kappa shape index (κ3) is 4.54. The van der Waals surface area contributed by atoms with Crippen LogP contribution in [-0.2, 0) is 0 Å². The summed E-state index contributed by atoms with van der Waals surface area (Å²) < 4.78 is 8.38. The zero-order chi connectivity index (χ0) is 21.8. The number of benzene rings is 1. The summed E-state index contributed by atoms with van der Waals surface area (Å²) >= 11 is 0. The van der Waals surface area contributed by atoms with Crippen LogP contribution in [0.3, 0.4) is 0 Å². The Labute approximate surface area is 184 Å². The topological polar surface area (TPSA) is 71.7 Å². The first-order valence-corrected chi connectivity index (χ1v) is 11.7. The normalized spacial score (nSPS) is 18.4. The summed E-state index contributed by atoms with van der Waals surface area (Å²) in [5.41, 5.74) is 2.96. The van der Waals surface area contributed by atoms with Crippen LogP contribution in [0.2, 0.25) is 0 Å². The quantitative estimate of drug-likeness (QED) is 0.457. The Morgan fingerprint density at radius 3 is 2.45 bits per heavy atom. The van der Waals surface area contributed by atoms with E-state index in [1.807, 2.05) is 12.4 Å². The highest BCUT2D eigenvalue weighted by Crippen LogP contribution is 2.40. The van der Waals surface area contributed by atoms with E-state index in [1.165, 1.54) is 0 Å². The number of anilines is 1. The first-order valence-electron chi connectivity index (χ1n) is 11.7. The molecular weight excluding hydrogens is 388 g/mol. The van der Waals surface area contributed by atoms with Crippen LogP contribution in [0.15, 0.2) is 36.7 Å². The number of hydrogen-bond donors (Lipinski definition) is 2. The largest absolute Gasteiger partial charge is 0.490 e. The number of aromatic nitrogens is 3. The van der Waals surface area contributed by atoms with Crippen LogP contribution in [0.4, 0.5) is 5.82 Å². The number of hydrogen-bond acceptors (Lipinski definition) is 5. The molecule has 0 radical (unpaired) electrons. The molecule has 6 heteroatoms. The van der Waals surface area contributed by atoms with Crippen LogP contribution in [-0.4, -0.2) is 38.2 Å². The van der Waals surface area contributed by atoms with Crippen molar-refractivity contribution < 1.29 is 9.84 Å². The number of fused-ring (bicyclic) bond motifs is 1. The van der Waals surface area contributed by atoms with Gasteiger partial charge in [-0.05, 0) is 56.9 Å².